The van der Waals surface area contributed by atoms with Gasteiger partial charge in [-0.25, -0.2) is 4.79 Å². The third-order valence-corrected chi connectivity index (χ3v) is 1.17. The topological polar surface area (TPSA) is 81.1 Å². The Morgan fingerprint density at radius 3 is 2.70 bits per heavy atom. The Hall–Kier alpha value is -1.52. The lowest BCUT2D eigenvalue weighted by atomic mass is 10.4. The Kier molecular flexibility index (Phi) is 1.33. The molecule has 0 saturated carbocycles. The molecule has 0 aliphatic heterocycles. The van der Waals surface area contributed by atoms with Crippen LogP contribution in [-0.2, 0) is 7.05 Å². The summed E-state index contributed by atoms with van der Waals surface area (Å²) in [6.07, 6.45) is 1.31. The van der Waals surface area contributed by atoms with Crippen molar-refractivity contribution in [3.8, 4) is 0 Å². The number of nitrogens with two attached hydrogens (primary N) is 1. The van der Waals surface area contributed by atoms with Gasteiger partial charge >= 0.3 is 5.97 Å². The van der Waals surface area contributed by atoms with E-state index in [1.807, 2.05) is 0 Å². The van der Waals surface area contributed by atoms with Crippen molar-refractivity contribution in [3.05, 3.63) is 11.9 Å². The van der Waals surface area contributed by atoms with Gasteiger partial charge in [0.2, 0.25) is 0 Å². The molecular weight excluding hydrogens is 134 g/mol. The second kappa shape index (κ2) is 2.02. The lowest BCUT2D eigenvalue weighted by molar-refractivity contribution is 0.0686. The number of rotatable bonds is 1. The van der Waals surface area contributed by atoms with Gasteiger partial charge in [-0.1, -0.05) is 0 Å². The lowest BCUT2D eigenvalue weighted by Crippen LogP contribution is -2.07. The molecule has 0 spiro atoms. The summed E-state index contributed by atoms with van der Waals surface area (Å²) in [5.41, 5.74) is 5.50. The SMILES string of the molecule is Cn1ncc(N)c1C(=O)O. The molecule has 0 unspecified atom stereocenters. The van der Waals surface area contributed by atoms with E-state index >= 15 is 0 Å². The molecule has 0 saturated heterocycles. The van der Waals surface area contributed by atoms with Crippen LogP contribution in [0.3, 0.4) is 0 Å². The van der Waals surface area contributed by atoms with E-state index in [4.69, 9.17) is 10.8 Å². The first-order chi connectivity index (χ1) is 4.63. The summed E-state index contributed by atoms with van der Waals surface area (Å²) in [5.74, 6) is -1.06. The fourth-order valence-corrected chi connectivity index (χ4v) is 0.716. The number of anilines is 1. The molecule has 1 aromatic rings. The van der Waals surface area contributed by atoms with E-state index in [-0.39, 0.29) is 11.4 Å². The van der Waals surface area contributed by atoms with E-state index in [9.17, 15) is 4.79 Å². The van der Waals surface area contributed by atoms with Crippen molar-refractivity contribution in [2.24, 2.45) is 7.05 Å². The minimum Gasteiger partial charge on any atom is -0.476 e. The minimum absolute atomic E-state index is 0.0278. The highest BCUT2D eigenvalue weighted by Gasteiger charge is 2.11. The zero-order valence-corrected chi connectivity index (χ0v) is 5.40. The maximum Gasteiger partial charge on any atom is 0.356 e. The molecule has 0 radical (unpaired) electrons. The van der Waals surface area contributed by atoms with Crippen molar-refractivity contribution in [2.45, 2.75) is 0 Å². The van der Waals surface area contributed by atoms with Gasteiger partial charge in [-0.15, -0.1) is 0 Å². The Morgan fingerprint density at radius 2 is 2.50 bits per heavy atom. The van der Waals surface area contributed by atoms with Crippen LogP contribution in [0.15, 0.2) is 6.20 Å². The first-order valence-electron chi connectivity index (χ1n) is 2.63. The zero-order chi connectivity index (χ0) is 7.72. The van der Waals surface area contributed by atoms with E-state index in [1.54, 1.807) is 0 Å². The number of carbonyl (C=O) groups is 1. The number of carboxylic acid groups (broad SMARTS) is 1. The van der Waals surface area contributed by atoms with Gasteiger partial charge in [-0.3, -0.25) is 4.68 Å². The van der Waals surface area contributed by atoms with Gasteiger partial charge in [0.15, 0.2) is 5.69 Å². The first-order valence-corrected chi connectivity index (χ1v) is 2.63. The maximum atomic E-state index is 10.4. The predicted molar refractivity (Wildman–Crippen MR) is 34.6 cm³/mol. The molecule has 0 aliphatic rings. The smallest absolute Gasteiger partial charge is 0.356 e. The zero-order valence-electron chi connectivity index (χ0n) is 5.40. The Labute approximate surface area is 57.1 Å². The monoisotopic (exact) mass is 141 g/mol. The summed E-state index contributed by atoms with van der Waals surface area (Å²) in [4.78, 5) is 10.4. The fourth-order valence-electron chi connectivity index (χ4n) is 0.716. The van der Waals surface area contributed by atoms with Gasteiger partial charge in [-0.2, -0.15) is 5.10 Å². The Bertz CT molecular complexity index is 246. The molecule has 0 aromatic carbocycles. The molecule has 0 fully saturated rings. The van der Waals surface area contributed by atoms with E-state index in [0.717, 1.165) is 0 Å². The van der Waals surface area contributed by atoms with Crippen LogP contribution in [-0.4, -0.2) is 20.9 Å². The molecule has 1 aromatic heterocycles. The van der Waals surface area contributed by atoms with Crippen molar-refractivity contribution < 1.29 is 9.90 Å². The van der Waals surface area contributed by atoms with E-state index in [1.165, 1.54) is 17.9 Å². The predicted octanol–water partition coefficient (Wildman–Crippen LogP) is -0.299. The van der Waals surface area contributed by atoms with Gasteiger partial charge in [0.1, 0.15) is 0 Å². The molecule has 0 aliphatic carbocycles. The second-order valence-electron chi connectivity index (χ2n) is 1.88. The minimum atomic E-state index is -1.06. The fraction of sp³-hybridized carbons (Fsp3) is 0.200. The molecule has 0 bridgehead atoms. The molecule has 10 heavy (non-hydrogen) atoms. The van der Waals surface area contributed by atoms with Gasteiger partial charge in [0.25, 0.3) is 0 Å². The third-order valence-electron chi connectivity index (χ3n) is 1.17. The number of carboxylic acids is 1. The molecule has 0 amide bonds. The molecule has 5 heteroatoms. The summed E-state index contributed by atoms with van der Waals surface area (Å²) in [6, 6.07) is 0. The van der Waals surface area contributed by atoms with Crippen LogP contribution in [0.4, 0.5) is 5.69 Å². The Balaban J connectivity index is 3.23. The van der Waals surface area contributed by atoms with Crippen molar-refractivity contribution in [2.75, 3.05) is 5.73 Å². The highest BCUT2D eigenvalue weighted by atomic mass is 16.4. The van der Waals surface area contributed by atoms with Crippen LogP contribution in [0, 0.1) is 0 Å². The number of nitrogen functional groups attached to an aromatic ring is 1. The first kappa shape index (κ1) is 6.60. The number of hydrogen-bond donors (Lipinski definition) is 2. The standard InChI is InChI=1S/C5H7N3O2/c1-8-4(5(9)10)3(6)2-7-8/h2H,6H2,1H3,(H,9,10). The largest absolute Gasteiger partial charge is 0.476 e. The van der Waals surface area contributed by atoms with Crippen molar-refractivity contribution in [1.82, 2.24) is 9.78 Å². The van der Waals surface area contributed by atoms with E-state index in [0.29, 0.717) is 0 Å². The number of aromatic nitrogens is 2. The van der Waals surface area contributed by atoms with Crippen LogP contribution in [0.25, 0.3) is 0 Å². The lowest BCUT2D eigenvalue weighted by Gasteiger charge is -1.93. The molecule has 3 N–H and O–H groups in total. The van der Waals surface area contributed by atoms with Crippen LogP contribution < -0.4 is 5.73 Å². The second-order valence-corrected chi connectivity index (χ2v) is 1.88. The number of nitrogens with zero attached hydrogens (tertiary/aromatic N) is 2. The molecule has 1 heterocycles. The summed E-state index contributed by atoms with van der Waals surface area (Å²) in [6.45, 7) is 0. The number of aromatic carboxylic acids is 1. The molecule has 0 atom stereocenters. The maximum absolute atomic E-state index is 10.4. The van der Waals surface area contributed by atoms with E-state index < -0.39 is 5.97 Å². The molecular formula is C5H7N3O2. The van der Waals surface area contributed by atoms with Crippen molar-refractivity contribution >= 4 is 11.7 Å². The van der Waals surface area contributed by atoms with Crippen LogP contribution in [0.2, 0.25) is 0 Å². The third kappa shape index (κ3) is 0.812. The quantitative estimate of drug-likeness (QED) is 0.562. The molecule has 54 valence electrons. The summed E-state index contributed by atoms with van der Waals surface area (Å²) < 4.78 is 1.22. The van der Waals surface area contributed by atoms with Gasteiger partial charge in [0, 0.05) is 7.05 Å². The summed E-state index contributed by atoms with van der Waals surface area (Å²) >= 11 is 0. The van der Waals surface area contributed by atoms with Gasteiger partial charge in [-0.05, 0) is 0 Å². The normalized spacial score (nSPS) is 9.70. The summed E-state index contributed by atoms with van der Waals surface area (Å²) in [7, 11) is 1.53. The van der Waals surface area contributed by atoms with E-state index in [2.05, 4.69) is 5.10 Å². The average Bonchev–Trinajstić information content (AvgIpc) is 2.11. The Morgan fingerprint density at radius 1 is 1.90 bits per heavy atom. The van der Waals surface area contributed by atoms with Crippen molar-refractivity contribution in [1.29, 1.82) is 0 Å². The molecule has 1 rings (SSSR count). The van der Waals surface area contributed by atoms with Crippen LogP contribution >= 0.6 is 0 Å². The highest BCUT2D eigenvalue weighted by Crippen LogP contribution is 2.07. The number of aryl methyl sites for hydroxylation is 1. The molecule has 5 nitrogen and oxygen atoms in total. The van der Waals surface area contributed by atoms with Gasteiger partial charge < -0.3 is 10.8 Å². The average molecular weight is 141 g/mol. The number of hydrogen-bond acceptors (Lipinski definition) is 3. The van der Waals surface area contributed by atoms with Crippen molar-refractivity contribution in [3.63, 3.8) is 0 Å². The summed E-state index contributed by atoms with van der Waals surface area (Å²) in [5, 5.41) is 12.1. The van der Waals surface area contributed by atoms with Gasteiger partial charge in [0.05, 0.1) is 11.9 Å². The van der Waals surface area contributed by atoms with Crippen LogP contribution in [0.1, 0.15) is 10.5 Å². The highest BCUT2D eigenvalue weighted by molar-refractivity contribution is 5.91. The van der Waals surface area contributed by atoms with Crippen LogP contribution in [0.5, 0.6) is 0 Å².